The van der Waals surface area contributed by atoms with Crippen LogP contribution in [0.25, 0.3) is 5.69 Å². The molecule has 0 aliphatic heterocycles. The minimum atomic E-state index is -4.81. The minimum absolute atomic E-state index is 0.0394. The molecule has 1 aromatic carbocycles. The number of hydrogen-bond donors (Lipinski definition) is 2. The Hall–Kier alpha value is -3.56. The van der Waals surface area contributed by atoms with Gasteiger partial charge in [0.2, 0.25) is 0 Å². The van der Waals surface area contributed by atoms with Crippen LogP contribution in [0.15, 0.2) is 48.8 Å². The largest absolute Gasteiger partial charge is 0.573 e. The number of nitrogens with two attached hydrogens (primary N) is 1. The molecule has 0 aliphatic rings. The van der Waals surface area contributed by atoms with Crippen molar-refractivity contribution < 1.29 is 22.7 Å². The first-order valence-corrected chi connectivity index (χ1v) is 7.67. The van der Waals surface area contributed by atoms with Gasteiger partial charge in [-0.05, 0) is 30.7 Å². The minimum Gasteiger partial charge on any atom is -0.404 e. The predicted molar refractivity (Wildman–Crippen MR) is 91.6 cm³/mol. The van der Waals surface area contributed by atoms with Crippen molar-refractivity contribution in [1.82, 2.24) is 14.8 Å². The molecular formula is C17H14F3N5O2. The zero-order valence-electron chi connectivity index (χ0n) is 14.0. The van der Waals surface area contributed by atoms with Gasteiger partial charge in [0.15, 0.2) is 0 Å². The van der Waals surface area contributed by atoms with Gasteiger partial charge in [0.1, 0.15) is 22.9 Å². The van der Waals surface area contributed by atoms with Crippen LogP contribution in [0, 0.1) is 6.92 Å². The molecule has 3 aromatic rings. The molecule has 10 heteroatoms. The Balaban J connectivity index is 1.77. The number of anilines is 2. The molecule has 140 valence electrons. The molecule has 0 spiro atoms. The number of halogens is 3. The summed E-state index contributed by atoms with van der Waals surface area (Å²) in [6, 6.07) is 9.59. The lowest BCUT2D eigenvalue weighted by Gasteiger charge is -2.09. The Labute approximate surface area is 151 Å². The lowest BCUT2D eigenvalue weighted by atomic mass is 10.2. The molecule has 3 rings (SSSR count). The molecule has 0 bridgehead atoms. The first kappa shape index (κ1) is 18.2. The van der Waals surface area contributed by atoms with Crippen molar-refractivity contribution in [1.29, 1.82) is 0 Å². The van der Waals surface area contributed by atoms with Gasteiger partial charge in [-0.25, -0.2) is 9.67 Å². The third-order valence-electron chi connectivity index (χ3n) is 3.61. The van der Waals surface area contributed by atoms with Crippen LogP contribution >= 0.6 is 0 Å². The quantitative estimate of drug-likeness (QED) is 0.727. The van der Waals surface area contributed by atoms with Crippen molar-refractivity contribution in [3.63, 3.8) is 0 Å². The van der Waals surface area contributed by atoms with Crippen molar-refractivity contribution in [2.24, 2.45) is 0 Å². The van der Waals surface area contributed by atoms with Crippen LogP contribution in [0.4, 0.5) is 24.8 Å². The third-order valence-corrected chi connectivity index (χ3v) is 3.61. The smallest absolute Gasteiger partial charge is 0.404 e. The van der Waals surface area contributed by atoms with E-state index in [1.54, 1.807) is 6.07 Å². The van der Waals surface area contributed by atoms with E-state index in [1.807, 2.05) is 25.1 Å². The average Bonchev–Trinajstić information content (AvgIpc) is 2.97. The van der Waals surface area contributed by atoms with Crippen molar-refractivity contribution >= 4 is 17.5 Å². The molecule has 2 aromatic heterocycles. The molecule has 27 heavy (non-hydrogen) atoms. The second-order valence-electron chi connectivity index (χ2n) is 5.52. The van der Waals surface area contributed by atoms with Crippen molar-refractivity contribution in [3.8, 4) is 11.4 Å². The zero-order chi connectivity index (χ0) is 19.6. The van der Waals surface area contributed by atoms with Crippen LogP contribution in [-0.4, -0.2) is 27.0 Å². The maximum absolute atomic E-state index is 12.4. The van der Waals surface area contributed by atoms with Crippen LogP contribution < -0.4 is 15.8 Å². The number of rotatable bonds is 4. The number of carbonyl (C=O) groups is 1. The van der Waals surface area contributed by atoms with E-state index in [0.717, 1.165) is 23.5 Å². The summed E-state index contributed by atoms with van der Waals surface area (Å²) in [6.07, 6.45) is -2.66. The summed E-state index contributed by atoms with van der Waals surface area (Å²) >= 11 is 0. The second-order valence-corrected chi connectivity index (χ2v) is 5.52. The van der Waals surface area contributed by atoms with E-state index in [-0.39, 0.29) is 17.2 Å². The Morgan fingerprint density at radius 2 is 1.93 bits per heavy atom. The summed E-state index contributed by atoms with van der Waals surface area (Å²) in [5.41, 5.74) is 7.77. The number of carbonyl (C=O) groups excluding carboxylic acids is 1. The highest BCUT2D eigenvalue weighted by molar-refractivity contribution is 6.06. The van der Waals surface area contributed by atoms with Crippen LogP contribution in [0.2, 0.25) is 0 Å². The molecule has 0 atom stereocenters. The fraction of sp³-hybridized carbons (Fsp3) is 0.118. The van der Waals surface area contributed by atoms with Crippen LogP contribution in [0.5, 0.6) is 5.75 Å². The second kappa shape index (κ2) is 6.98. The number of ether oxygens (including phenoxy) is 1. The van der Waals surface area contributed by atoms with Gasteiger partial charge in [0.05, 0.1) is 18.1 Å². The summed E-state index contributed by atoms with van der Waals surface area (Å²) < 4.78 is 41.6. The number of benzene rings is 1. The van der Waals surface area contributed by atoms with Crippen LogP contribution in [0.3, 0.4) is 0 Å². The Bertz CT molecular complexity index is 967. The Kier molecular flexibility index (Phi) is 4.72. The van der Waals surface area contributed by atoms with Crippen LogP contribution in [0.1, 0.15) is 15.9 Å². The number of hydrogen-bond acceptors (Lipinski definition) is 5. The van der Waals surface area contributed by atoms with E-state index in [2.05, 4.69) is 20.1 Å². The molecular weight excluding hydrogens is 363 g/mol. The Morgan fingerprint density at radius 1 is 1.19 bits per heavy atom. The molecule has 0 radical (unpaired) electrons. The first-order chi connectivity index (χ1) is 12.7. The van der Waals surface area contributed by atoms with E-state index in [9.17, 15) is 18.0 Å². The van der Waals surface area contributed by atoms with E-state index >= 15 is 0 Å². The lowest BCUT2D eigenvalue weighted by Crippen LogP contribution is -2.18. The normalized spacial score (nSPS) is 11.3. The maximum Gasteiger partial charge on any atom is 0.573 e. The summed E-state index contributed by atoms with van der Waals surface area (Å²) in [5, 5.41) is 6.58. The SMILES string of the molecule is Cc1ccccc1-n1ncc(C(=O)Nc2ccc(OC(F)(F)F)cn2)c1N. The first-order valence-electron chi connectivity index (χ1n) is 7.67. The monoisotopic (exact) mass is 377 g/mol. The van der Waals surface area contributed by atoms with Crippen molar-refractivity contribution in [3.05, 3.63) is 59.9 Å². The number of aromatic nitrogens is 3. The number of amides is 1. The zero-order valence-corrected chi connectivity index (χ0v) is 14.0. The van der Waals surface area contributed by atoms with E-state index in [4.69, 9.17) is 5.73 Å². The summed E-state index contributed by atoms with van der Waals surface area (Å²) in [6.45, 7) is 1.88. The summed E-state index contributed by atoms with van der Waals surface area (Å²) in [4.78, 5) is 16.1. The fourth-order valence-corrected chi connectivity index (χ4v) is 2.36. The van der Waals surface area contributed by atoms with Gasteiger partial charge in [-0.2, -0.15) is 5.10 Å². The molecule has 3 N–H and O–H groups in total. The van der Waals surface area contributed by atoms with Crippen LogP contribution in [-0.2, 0) is 0 Å². The van der Waals surface area contributed by atoms with Crippen molar-refractivity contribution in [2.45, 2.75) is 13.3 Å². The molecule has 0 unspecified atom stereocenters. The molecule has 1 amide bonds. The van der Waals surface area contributed by atoms with Gasteiger partial charge in [-0.3, -0.25) is 4.79 Å². The van der Waals surface area contributed by atoms with Gasteiger partial charge < -0.3 is 15.8 Å². The number of aryl methyl sites for hydroxylation is 1. The molecule has 0 aliphatic carbocycles. The number of pyridine rings is 1. The van der Waals surface area contributed by atoms with E-state index in [1.165, 1.54) is 16.9 Å². The summed E-state index contributed by atoms with van der Waals surface area (Å²) in [7, 11) is 0. The fourth-order valence-electron chi connectivity index (χ4n) is 2.36. The number of nitrogen functional groups attached to an aromatic ring is 1. The number of nitrogens with one attached hydrogen (secondary N) is 1. The highest BCUT2D eigenvalue weighted by Gasteiger charge is 2.31. The molecule has 7 nitrogen and oxygen atoms in total. The highest BCUT2D eigenvalue weighted by Crippen LogP contribution is 2.23. The molecule has 0 fully saturated rings. The van der Waals surface area contributed by atoms with Gasteiger partial charge in [0, 0.05) is 0 Å². The number of para-hydroxylation sites is 1. The standard InChI is InChI=1S/C17H14F3N5O2/c1-10-4-2-3-5-13(10)25-15(21)12(9-23-25)16(26)24-14-7-6-11(8-22-14)27-17(18,19)20/h2-9H,21H2,1H3,(H,22,24,26). The molecule has 0 saturated carbocycles. The van der Waals surface area contributed by atoms with E-state index in [0.29, 0.717) is 0 Å². The summed E-state index contributed by atoms with van der Waals surface area (Å²) in [5.74, 6) is -0.923. The third kappa shape index (κ3) is 4.17. The van der Waals surface area contributed by atoms with Crippen molar-refractivity contribution in [2.75, 3.05) is 11.1 Å². The van der Waals surface area contributed by atoms with E-state index < -0.39 is 18.0 Å². The van der Waals surface area contributed by atoms with Gasteiger partial charge in [0.25, 0.3) is 5.91 Å². The maximum atomic E-state index is 12.4. The lowest BCUT2D eigenvalue weighted by molar-refractivity contribution is -0.274. The number of alkyl halides is 3. The topological polar surface area (TPSA) is 95.1 Å². The predicted octanol–water partition coefficient (Wildman–Crippen LogP) is 3.31. The molecule has 2 heterocycles. The van der Waals surface area contributed by atoms with Gasteiger partial charge in [-0.15, -0.1) is 13.2 Å². The number of nitrogens with zero attached hydrogens (tertiary/aromatic N) is 3. The highest BCUT2D eigenvalue weighted by atomic mass is 19.4. The average molecular weight is 377 g/mol. The van der Waals surface area contributed by atoms with Gasteiger partial charge in [-0.1, -0.05) is 18.2 Å². The molecule has 0 saturated heterocycles. The van der Waals surface area contributed by atoms with Gasteiger partial charge >= 0.3 is 6.36 Å². The Morgan fingerprint density at radius 3 is 2.56 bits per heavy atom.